The zero-order valence-electron chi connectivity index (χ0n) is 10.8. The molecule has 96 valence electrons. The van der Waals surface area contributed by atoms with Crippen LogP contribution in [0.2, 0.25) is 0 Å². The van der Waals surface area contributed by atoms with E-state index in [1.54, 1.807) is 0 Å². The quantitative estimate of drug-likeness (QED) is 0.833. The molecule has 0 saturated heterocycles. The predicted molar refractivity (Wildman–Crippen MR) is 69.0 cm³/mol. The van der Waals surface area contributed by atoms with Crippen molar-refractivity contribution < 1.29 is 9.53 Å². The Hall–Kier alpha value is -1.88. The first-order chi connectivity index (χ1) is 8.52. The summed E-state index contributed by atoms with van der Waals surface area (Å²) in [5.74, 6) is 0.642. The number of hydrogen-bond donors (Lipinski definition) is 1. The molecule has 0 spiro atoms. The summed E-state index contributed by atoms with van der Waals surface area (Å²) in [5, 5.41) is 0. The van der Waals surface area contributed by atoms with Gasteiger partial charge in [-0.15, -0.1) is 0 Å². The van der Waals surface area contributed by atoms with Crippen LogP contribution < -0.4 is 5.73 Å². The Bertz CT molecular complexity index is 589. The molecule has 0 bridgehead atoms. The third-order valence-corrected chi connectivity index (χ3v) is 3.17. The maximum absolute atomic E-state index is 11.2. The normalized spacial score (nSPS) is 12.7. The molecular weight excluding hydrogens is 230 g/mol. The molecule has 5 heteroatoms. The summed E-state index contributed by atoms with van der Waals surface area (Å²) in [6.45, 7) is 1.95. The van der Waals surface area contributed by atoms with Crippen molar-refractivity contribution in [3.05, 3.63) is 29.6 Å². The number of hydrogen-bond acceptors (Lipinski definition) is 4. The van der Waals surface area contributed by atoms with Crippen LogP contribution >= 0.6 is 0 Å². The lowest BCUT2D eigenvalue weighted by molar-refractivity contribution is -0.141. The number of rotatable bonds is 3. The second-order valence-corrected chi connectivity index (χ2v) is 4.35. The van der Waals surface area contributed by atoms with Crippen molar-refractivity contribution in [3.8, 4) is 0 Å². The molecule has 18 heavy (non-hydrogen) atoms. The van der Waals surface area contributed by atoms with E-state index in [4.69, 9.17) is 5.73 Å². The van der Waals surface area contributed by atoms with Gasteiger partial charge in [0.1, 0.15) is 5.82 Å². The minimum Gasteiger partial charge on any atom is -0.469 e. The molecule has 0 aliphatic rings. The van der Waals surface area contributed by atoms with Gasteiger partial charge in [0.2, 0.25) is 0 Å². The van der Waals surface area contributed by atoms with Crippen molar-refractivity contribution in [2.75, 3.05) is 7.11 Å². The van der Waals surface area contributed by atoms with Crippen molar-refractivity contribution in [2.45, 2.75) is 19.4 Å². The van der Waals surface area contributed by atoms with Gasteiger partial charge >= 0.3 is 5.97 Å². The Morgan fingerprint density at radius 2 is 2.28 bits per heavy atom. The van der Waals surface area contributed by atoms with E-state index < -0.39 is 0 Å². The summed E-state index contributed by atoms with van der Waals surface area (Å²) in [6.07, 6.45) is 0.174. The Morgan fingerprint density at radius 1 is 1.56 bits per heavy atom. The first kappa shape index (κ1) is 12.6. The van der Waals surface area contributed by atoms with E-state index in [9.17, 15) is 4.79 Å². The average Bonchev–Trinajstić information content (AvgIpc) is 2.64. The zero-order valence-corrected chi connectivity index (χ0v) is 10.8. The Kier molecular flexibility index (Phi) is 3.34. The van der Waals surface area contributed by atoms with E-state index in [1.807, 2.05) is 36.7 Å². The van der Waals surface area contributed by atoms with E-state index >= 15 is 0 Å². The van der Waals surface area contributed by atoms with Crippen LogP contribution in [0.25, 0.3) is 11.0 Å². The number of methoxy groups -OCH3 is 1. The van der Waals surface area contributed by atoms with Crippen molar-refractivity contribution >= 4 is 17.0 Å². The van der Waals surface area contributed by atoms with Crippen LogP contribution in [0.15, 0.2) is 18.2 Å². The van der Waals surface area contributed by atoms with Gasteiger partial charge in [0.05, 0.1) is 24.6 Å². The molecule has 1 aromatic carbocycles. The first-order valence-corrected chi connectivity index (χ1v) is 5.78. The van der Waals surface area contributed by atoms with Crippen molar-refractivity contribution in [1.29, 1.82) is 0 Å². The van der Waals surface area contributed by atoms with Gasteiger partial charge in [0.25, 0.3) is 0 Å². The number of benzene rings is 1. The second kappa shape index (κ2) is 4.78. The SMILES string of the molecule is COC(=O)CC(N)c1ccc2c(c1)nc(C)n2C. The molecule has 1 atom stereocenters. The molecule has 0 radical (unpaired) electrons. The highest BCUT2D eigenvalue weighted by Crippen LogP contribution is 2.21. The largest absolute Gasteiger partial charge is 0.469 e. The number of carbonyl (C=O) groups is 1. The third kappa shape index (κ3) is 2.22. The highest BCUT2D eigenvalue weighted by Gasteiger charge is 2.13. The minimum absolute atomic E-state index is 0.174. The summed E-state index contributed by atoms with van der Waals surface area (Å²) in [4.78, 5) is 15.6. The third-order valence-electron chi connectivity index (χ3n) is 3.17. The standard InChI is InChI=1S/C13H17N3O2/c1-8-15-11-6-9(4-5-12(11)16(8)2)10(14)7-13(17)18-3/h4-6,10H,7,14H2,1-3H3. The summed E-state index contributed by atoms with van der Waals surface area (Å²) in [6, 6.07) is 5.47. The smallest absolute Gasteiger partial charge is 0.307 e. The fraction of sp³-hybridized carbons (Fsp3) is 0.385. The number of fused-ring (bicyclic) bond motifs is 1. The van der Waals surface area contributed by atoms with Gasteiger partial charge in [0.15, 0.2) is 0 Å². The number of aromatic nitrogens is 2. The van der Waals surface area contributed by atoms with Crippen LogP contribution in [-0.2, 0) is 16.6 Å². The van der Waals surface area contributed by atoms with Crippen LogP contribution in [0.4, 0.5) is 0 Å². The molecule has 1 heterocycles. The monoisotopic (exact) mass is 247 g/mol. The van der Waals surface area contributed by atoms with Gasteiger partial charge < -0.3 is 15.0 Å². The highest BCUT2D eigenvalue weighted by atomic mass is 16.5. The molecule has 1 aromatic heterocycles. The maximum Gasteiger partial charge on any atom is 0.307 e. The molecule has 0 aliphatic carbocycles. The Morgan fingerprint density at radius 3 is 2.94 bits per heavy atom. The van der Waals surface area contributed by atoms with Crippen molar-refractivity contribution in [2.24, 2.45) is 12.8 Å². The van der Waals surface area contributed by atoms with Crippen molar-refractivity contribution in [1.82, 2.24) is 9.55 Å². The van der Waals surface area contributed by atoms with Crippen molar-refractivity contribution in [3.63, 3.8) is 0 Å². The molecule has 2 N–H and O–H groups in total. The number of carbonyl (C=O) groups excluding carboxylic acids is 1. The van der Waals surface area contributed by atoms with Crippen LogP contribution in [0.5, 0.6) is 0 Å². The molecule has 0 aliphatic heterocycles. The van der Waals surface area contributed by atoms with E-state index in [1.165, 1.54) is 7.11 Å². The van der Waals surface area contributed by atoms with Gasteiger partial charge in [-0.05, 0) is 24.6 Å². The van der Waals surface area contributed by atoms with Gasteiger partial charge in [-0.25, -0.2) is 4.98 Å². The van der Waals surface area contributed by atoms with E-state index in [2.05, 4.69) is 9.72 Å². The molecular formula is C13H17N3O2. The maximum atomic E-state index is 11.2. The molecule has 0 fully saturated rings. The fourth-order valence-corrected chi connectivity index (χ4v) is 1.95. The average molecular weight is 247 g/mol. The second-order valence-electron chi connectivity index (χ2n) is 4.35. The van der Waals surface area contributed by atoms with Gasteiger partial charge in [-0.1, -0.05) is 6.07 Å². The number of esters is 1. The van der Waals surface area contributed by atoms with Crippen LogP contribution in [0.3, 0.4) is 0 Å². The summed E-state index contributed by atoms with van der Waals surface area (Å²) in [7, 11) is 3.33. The van der Waals surface area contributed by atoms with E-state index in [-0.39, 0.29) is 18.4 Å². The number of ether oxygens (including phenoxy) is 1. The Labute approximate surface area is 106 Å². The summed E-state index contributed by atoms with van der Waals surface area (Å²) < 4.78 is 6.63. The number of nitrogens with two attached hydrogens (primary N) is 1. The summed E-state index contributed by atoms with van der Waals surface area (Å²) >= 11 is 0. The number of aryl methyl sites for hydroxylation is 2. The van der Waals surface area contributed by atoms with Gasteiger partial charge in [-0.3, -0.25) is 4.79 Å². The topological polar surface area (TPSA) is 70.1 Å². The van der Waals surface area contributed by atoms with E-state index in [0.29, 0.717) is 0 Å². The lowest BCUT2D eigenvalue weighted by Gasteiger charge is -2.10. The van der Waals surface area contributed by atoms with Gasteiger partial charge in [0, 0.05) is 13.1 Å². The molecule has 0 saturated carbocycles. The molecule has 2 rings (SSSR count). The zero-order chi connectivity index (χ0) is 13.3. The van der Waals surface area contributed by atoms with Crippen LogP contribution in [0.1, 0.15) is 23.9 Å². The van der Waals surface area contributed by atoms with Crippen LogP contribution in [-0.4, -0.2) is 22.6 Å². The number of imidazole rings is 1. The lowest BCUT2D eigenvalue weighted by Crippen LogP contribution is -2.16. The molecule has 0 amide bonds. The predicted octanol–water partition coefficient (Wildman–Crippen LogP) is 1.44. The van der Waals surface area contributed by atoms with E-state index in [0.717, 1.165) is 22.4 Å². The first-order valence-electron chi connectivity index (χ1n) is 5.78. The molecule has 2 aromatic rings. The highest BCUT2D eigenvalue weighted by molar-refractivity contribution is 5.77. The molecule has 1 unspecified atom stereocenters. The minimum atomic E-state index is -0.357. The fourth-order valence-electron chi connectivity index (χ4n) is 1.95. The van der Waals surface area contributed by atoms with Gasteiger partial charge in [-0.2, -0.15) is 0 Å². The molecule has 5 nitrogen and oxygen atoms in total. The lowest BCUT2D eigenvalue weighted by atomic mass is 10.0. The summed E-state index contributed by atoms with van der Waals surface area (Å²) in [5.41, 5.74) is 8.82. The number of nitrogens with zero attached hydrogens (tertiary/aromatic N) is 2. The Balaban J connectivity index is 2.32. The van der Waals surface area contributed by atoms with Crippen LogP contribution in [0, 0.1) is 6.92 Å².